The van der Waals surface area contributed by atoms with Crippen LogP contribution in [0.25, 0.3) is 0 Å². The van der Waals surface area contributed by atoms with E-state index in [4.69, 9.17) is 0 Å². The molecule has 2 aliphatic rings. The number of amides is 2. The van der Waals surface area contributed by atoms with Crippen LogP contribution in [-0.4, -0.2) is 80.1 Å². The van der Waals surface area contributed by atoms with Gasteiger partial charge in [0.25, 0.3) is 0 Å². The maximum atomic E-state index is 12.4. The highest BCUT2D eigenvalue weighted by molar-refractivity contribution is 5.82. The van der Waals surface area contributed by atoms with Crippen molar-refractivity contribution in [2.75, 3.05) is 46.3 Å². The van der Waals surface area contributed by atoms with Gasteiger partial charge in [-0.3, -0.25) is 14.5 Å². The largest absolute Gasteiger partial charge is 0.406 e. The lowest BCUT2D eigenvalue weighted by atomic mass is 9.97. The number of carbonyl (C=O) groups excluding carboxylic acids is 2. The topological polar surface area (TPSA) is 64.7 Å². The second-order valence-electron chi connectivity index (χ2n) is 7.00. The minimum absolute atomic E-state index is 0.00982. The molecule has 0 aromatic rings. The standard InChI is InChI=1S/C16H27F3N4O2/c1-22(11-16(17,18)19)14(24)10-23-7-3-4-12(9-23)8-21-15(25)13-5-2-6-20-13/h12-13,20H,2-11H2,1H3,(H,21,25). The van der Waals surface area contributed by atoms with Gasteiger partial charge in [0.1, 0.15) is 6.54 Å². The molecule has 0 radical (unpaired) electrons. The second kappa shape index (κ2) is 8.84. The van der Waals surface area contributed by atoms with E-state index in [0.29, 0.717) is 19.6 Å². The number of halogens is 3. The van der Waals surface area contributed by atoms with Crippen LogP contribution >= 0.6 is 0 Å². The van der Waals surface area contributed by atoms with Gasteiger partial charge in [-0.05, 0) is 44.7 Å². The molecular formula is C16H27F3N4O2. The number of likely N-dealkylation sites (N-methyl/N-ethyl adjacent to an activating group) is 1. The summed E-state index contributed by atoms with van der Waals surface area (Å²) in [5.41, 5.74) is 0. The smallest absolute Gasteiger partial charge is 0.354 e. The van der Waals surface area contributed by atoms with Crippen LogP contribution < -0.4 is 10.6 Å². The number of hydrogen-bond acceptors (Lipinski definition) is 4. The Bertz CT molecular complexity index is 467. The maximum absolute atomic E-state index is 12.4. The zero-order valence-electron chi connectivity index (χ0n) is 14.6. The average Bonchev–Trinajstić information content (AvgIpc) is 3.06. The van der Waals surface area contributed by atoms with Crippen LogP contribution in [0.1, 0.15) is 25.7 Å². The normalized spacial score (nSPS) is 25.0. The van der Waals surface area contributed by atoms with Gasteiger partial charge in [0, 0.05) is 20.1 Å². The molecule has 2 N–H and O–H groups in total. The van der Waals surface area contributed by atoms with Crippen LogP contribution in [-0.2, 0) is 9.59 Å². The van der Waals surface area contributed by atoms with Gasteiger partial charge in [0.05, 0.1) is 12.6 Å². The van der Waals surface area contributed by atoms with E-state index in [1.807, 2.05) is 4.90 Å². The summed E-state index contributed by atoms with van der Waals surface area (Å²) in [4.78, 5) is 26.6. The zero-order chi connectivity index (χ0) is 18.4. The predicted molar refractivity (Wildman–Crippen MR) is 86.9 cm³/mol. The summed E-state index contributed by atoms with van der Waals surface area (Å²) in [5.74, 6) is -0.299. The highest BCUT2D eigenvalue weighted by Gasteiger charge is 2.32. The molecule has 2 amide bonds. The van der Waals surface area contributed by atoms with Crippen molar-refractivity contribution in [3.8, 4) is 0 Å². The van der Waals surface area contributed by atoms with Crippen molar-refractivity contribution in [3.63, 3.8) is 0 Å². The fourth-order valence-corrected chi connectivity index (χ4v) is 3.41. The Labute approximate surface area is 146 Å². The number of likely N-dealkylation sites (tertiary alicyclic amines) is 1. The molecule has 0 aliphatic carbocycles. The van der Waals surface area contributed by atoms with Gasteiger partial charge in [-0.25, -0.2) is 0 Å². The Morgan fingerprint density at radius 1 is 1.28 bits per heavy atom. The number of alkyl halides is 3. The van der Waals surface area contributed by atoms with Crippen LogP contribution in [0.2, 0.25) is 0 Å². The molecule has 0 aromatic heterocycles. The van der Waals surface area contributed by atoms with Crippen LogP contribution in [0.3, 0.4) is 0 Å². The molecule has 2 heterocycles. The van der Waals surface area contributed by atoms with E-state index in [1.54, 1.807) is 0 Å². The van der Waals surface area contributed by atoms with E-state index in [-0.39, 0.29) is 24.4 Å². The average molecular weight is 364 g/mol. The van der Waals surface area contributed by atoms with E-state index in [1.165, 1.54) is 7.05 Å². The van der Waals surface area contributed by atoms with Crippen LogP contribution in [0.5, 0.6) is 0 Å². The second-order valence-corrected chi connectivity index (χ2v) is 7.00. The molecule has 144 valence electrons. The molecular weight excluding hydrogens is 337 g/mol. The fourth-order valence-electron chi connectivity index (χ4n) is 3.41. The summed E-state index contributed by atoms with van der Waals surface area (Å²) in [6, 6.07) is -0.114. The summed E-state index contributed by atoms with van der Waals surface area (Å²) >= 11 is 0. The molecule has 2 atom stereocenters. The number of piperidine rings is 1. The molecule has 2 saturated heterocycles. The first kappa shape index (κ1) is 20.0. The summed E-state index contributed by atoms with van der Waals surface area (Å²) in [6.45, 7) is 1.47. The number of hydrogen-bond donors (Lipinski definition) is 2. The van der Waals surface area contributed by atoms with Gasteiger partial charge < -0.3 is 15.5 Å². The first-order valence-corrected chi connectivity index (χ1v) is 8.79. The molecule has 2 rings (SSSR count). The van der Waals surface area contributed by atoms with Crippen molar-refractivity contribution >= 4 is 11.8 Å². The van der Waals surface area contributed by atoms with Gasteiger partial charge in [0.15, 0.2) is 0 Å². The molecule has 0 bridgehead atoms. The molecule has 9 heteroatoms. The first-order valence-electron chi connectivity index (χ1n) is 8.79. The monoisotopic (exact) mass is 364 g/mol. The Balaban J connectivity index is 1.72. The van der Waals surface area contributed by atoms with E-state index in [9.17, 15) is 22.8 Å². The quantitative estimate of drug-likeness (QED) is 0.724. The SMILES string of the molecule is CN(CC(F)(F)F)C(=O)CN1CCCC(CNC(=O)C2CCCN2)C1. The Morgan fingerprint density at radius 2 is 2.04 bits per heavy atom. The van der Waals surface area contributed by atoms with Crippen molar-refractivity contribution in [3.05, 3.63) is 0 Å². The van der Waals surface area contributed by atoms with E-state index < -0.39 is 18.6 Å². The molecule has 6 nitrogen and oxygen atoms in total. The maximum Gasteiger partial charge on any atom is 0.406 e. The molecule has 0 saturated carbocycles. The highest BCUT2D eigenvalue weighted by Crippen LogP contribution is 2.18. The number of rotatable bonds is 6. The van der Waals surface area contributed by atoms with Crippen molar-refractivity contribution in [2.45, 2.75) is 37.9 Å². The molecule has 25 heavy (non-hydrogen) atoms. The third-order valence-corrected chi connectivity index (χ3v) is 4.75. The molecule has 2 fully saturated rings. The highest BCUT2D eigenvalue weighted by atomic mass is 19.4. The number of carbonyl (C=O) groups is 2. The van der Waals surface area contributed by atoms with Crippen molar-refractivity contribution < 1.29 is 22.8 Å². The van der Waals surface area contributed by atoms with Gasteiger partial charge >= 0.3 is 6.18 Å². The Hall–Kier alpha value is -1.35. The van der Waals surface area contributed by atoms with E-state index >= 15 is 0 Å². The van der Waals surface area contributed by atoms with Gasteiger partial charge in [-0.15, -0.1) is 0 Å². The van der Waals surface area contributed by atoms with Crippen LogP contribution in [0.15, 0.2) is 0 Å². The summed E-state index contributed by atoms with van der Waals surface area (Å²) in [5, 5.41) is 6.10. The van der Waals surface area contributed by atoms with Crippen molar-refractivity contribution in [1.82, 2.24) is 20.4 Å². The minimum Gasteiger partial charge on any atom is -0.354 e. The van der Waals surface area contributed by atoms with Gasteiger partial charge in [-0.2, -0.15) is 13.2 Å². The minimum atomic E-state index is -4.38. The third kappa shape index (κ3) is 6.81. The first-order chi connectivity index (χ1) is 11.7. The Kier molecular flexibility index (Phi) is 7.06. The number of nitrogens with one attached hydrogen (secondary N) is 2. The summed E-state index contributed by atoms with van der Waals surface area (Å²) < 4.78 is 37.1. The molecule has 0 aromatic carbocycles. The summed E-state index contributed by atoms with van der Waals surface area (Å²) in [7, 11) is 1.17. The number of nitrogens with zero attached hydrogens (tertiary/aromatic N) is 2. The summed E-state index contributed by atoms with van der Waals surface area (Å²) in [6.07, 6.45) is -0.709. The van der Waals surface area contributed by atoms with E-state index in [0.717, 1.165) is 37.1 Å². The predicted octanol–water partition coefficient (Wildman–Crippen LogP) is 0.587. The lowest BCUT2D eigenvalue weighted by molar-refractivity contribution is -0.159. The van der Waals surface area contributed by atoms with Crippen molar-refractivity contribution in [2.24, 2.45) is 5.92 Å². The van der Waals surface area contributed by atoms with Crippen molar-refractivity contribution in [1.29, 1.82) is 0 Å². The van der Waals surface area contributed by atoms with Gasteiger partial charge in [0.2, 0.25) is 11.8 Å². The fraction of sp³-hybridized carbons (Fsp3) is 0.875. The lowest BCUT2D eigenvalue weighted by Crippen LogP contribution is -2.48. The van der Waals surface area contributed by atoms with Gasteiger partial charge in [-0.1, -0.05) is 0 Å². The Morgan fingerprint density at radius 3 is 2.68 bits per heavy atom. The molecule has 2 unspecified atom stereocenters. The zero-order valence-corrected chi connectivity index (χ0v) is 14.6. The van der Waals surface area contributed by atoms with E-state index in [2.05, 4.69) is 10.6 Å². The lowest BCUT2D eigenvalue weighted by Gasteiger charge is -2.33. The van der Waals surface area contributed by atoms with Crippen LogP contribution in [0, 0.1) is 5.92 Å². The van der Waals surface area contributed by atoms with Crippen LogP contribution in [0.4, 0.5) is 13.2 Å². The molecule has 0 spiro atoms. The third-order valence-electron chi connectivity index (χ3n) is 4.75. The molecule has 2 aliphatic heterocycles.